The van der Waals surface area contributed by atoms with Gasteiger partial charge >= 0.3 is 0 Å². The summed E-state index contributed by atoms with van der Waals surface area (Å²) in [6, 6.07) is 10.2. The maximum absolute atomic E-state index is 6.09. The van der Waals surface area contributed by atoms with Crippen LogP contribution in [0.4, 0.5) is 5.95 Å². The smallest absolute Gasteiger partial charge is 0.223 e. The molecule has 0 fully saturated rings. The molecule has 3 nitrogen and oxygen atoms in total. The van der Waals surface area contributed by atoms with E-state index in [9.17, 15) is 0 Å². The number of aromatic nitrogens is 2. The number of rotatable bonds is 5. The quantitative estimate of drug-likeness (QED) is 0.666. The third-order valence-corrected chi connectivity index (χ3v) is 3.72. The summed E-state index contributed by atoms with van der Waals surface area (Å²) in [5.74, 6) is 1.47. The lowest BCUT2D eigenvalue weighted by Crippen LogP contribution is -2.02. The molecule has 2 aromatic rings. The second-order valence-electron chi connectivity index (χ2n) is 3.65. The highest BCUT2D eigenvalue weighted by molar-refractivity contribution is 7.98. The van der Waals surface area contributed by atoms with E-state index in [0.717, 1.165) is 17.3 Å². The van der Waals surface area contributed by atoms with E-state index in [1.165, 1.54) is 5.56 Å². The van der Waals surface area contributed by atoms with E-state index in [1.807, 2.05) is 25.1 Å². The van der Waals surface area contributed by atoms with Crippen LogP contribution in [0.1, 0.15) is 12.5 Å². The van der Waals surface area contributed by atoms with E-state index >= 15 is 0 Å². The van der Waals surface area contributed by atoms with Gasteiger partial charge in [-0.05, 0) is 12.5 Å². The molecule has 0 amide bonds. The Morgan fingerprint density at radius 3 is 2.78 bits per heavy atom. The zero-order valence-electron chi connectivity index (χ0n) is 10.1. The molecule has 94 valence electrons. The molecule has 1 heterocycles. The first kappa shape index (κ1) is 13.2. The highest BCUT2D eigenvalue weighted by Gasteiger charge is 2.06. The molecule has 0 radical (unpaired) electrons. The molecular weight excluding hydrogens is 266 g/mol. The molecular formula is C13H14ClN3S. The van der Waals surface area contributed by atoms with E-state index in [0.29, 0.717) is 11.0 Å². The minimum atomic E-state index is 0.595. The molecule has 18 heavy (non-hydrogen) atoms. The second-order valence-corrected chi connectivity index (χ2v) is 5.02. The van der Waals surface area contributed by atoms with Crippen molar-refractivity contribution in [2.45, 2.75) is 17.7 Å². The van der Waals surface area contributed by atoms with Crippen LogP contribution in [0, 0.1) is 0 Å². The summed E-state index contributed by atoms with van der Waals surface area (Å²) >= 11 is 7.71. The van der Waals surface area contributed by atoms with Crippen molar-refractivity contribution in [1.82, 2.24) is 9.97 Å². The van der Waals surface area contributed by atoms with Crippen molar-refractivity contribution < 1.29 is 0 Å². The maximum Gasteiger partial charge on any atom is 0.223 e. The summed E-state index contributed by atoms with van der Waals surface area (Å²) in [4.78, 5) is 8.50. The molecule has 2 rings (SSSR count). The summed E-state index contributed by atoms with van der Waals surface area (Å²) < 4.78 is 0. The summed E-state index contributed by atoms with van der Waals surface area (Å²) in [5.41, 5.74) is 1.25. The normalized spacial score (nSPS) is 10.3. The lowest BCUT2D eigenvalue weighted by atomic mass is 10.2. The number of hydrogen-bond donors (Lipinski definition) is 1. The van der Waals surface area contributed by atoms with E-state index in [1.54, 1.807) is 18.0 Å². The lowest BCUT2D eigenvalue weighted by molar-refractivity contribution is 1.01. The molecule has 0 aliphatic rings. The third-order valence-electron chi connectivity index (χ3n) is 2.27. The van der Waals surface area contributed by atoms with Crippen molar-refractivity contribution in [3.05, 3.63) is 47.1 Å². The van der Waals surface area contributed by atoms with Gasteiger partial charge in [0.25, 0.3) is 0 Å². The van der Waals surface area contributed by atoms with Crippen molar-refractivity contribution in [1.29, 1.82) is 0 Å². The van der Waals surface area contributed by atoms with Gasteiger partial charge in [-0.15, -0.1) is 0 Å². The van der Waals surface area contributed by atoms with E-state index < -0.39 is 0 Å². The minimum Gasteiger partial charge on any atom is -0.354 e. The van der Waals surface area contributed by atoms with Gasteiger partial charge in [-0.3, -0.25) is 0 Å². The predicted octanol–water partition coefficient (Wildman–Crippen LogP) is 3.85. The van der Waals surface area contributed by atoms with Crippen LogP contribution in [-0.4, -0.2) is 16.5 Å². The number of thioether (sulfide) groups is 1. The molecule has 0 spiro atoms. The van der Waals surface area contributed by atoms with Crippen LogP contribution in [0.3, 0.4) is 0 Å². The van der Waals surface area contributed by atoms with Crippen LogP contribution in [0.25, 0.3) is 0 Å². The Morgan fingerprint density at radius 1 is 1.28 bits per heavy atom. The fourth-order valence-electron chi connectivity index (χ4n) is 1.42. The van der Waals surface area contributed by atoms with Gasteiger partial charge in [-0.1, -0.05) is 53.7 Å². The molecule has 0 saturated carbocycles. The molecule has 5 heteroatoms. The first-order chi connectivity index (χ1) is 8.79. The highest BCUT2D eigenvalue weighted by atomic mass is 35.5. The SMILES string of the molecule is CCNc1ncc(Cl)c(SCc2ccccc2)n1. The molecule has 0 unspecified atom stereocenters. The molecule has 0 aliphatic heterocycles. The number of hydrogen-bond acceptors (Lipinski definition) is 4. The van der Waals surface area contributed by atoms with Gasteiger partial charge < -0.3 is 5.32 Å². The maximum atomic E-state index is 6.09. The Balaban J connectivity index is 2.06. The van der Waals surface area contributed by atoms with Crippen molar-refractivity contribution >= 4 is 29.3 Å². The van der Waals surface area contributed by atoms with Gasteiger partial charge in [0.1, 0.15) is 5.03 Å². The van der Waals surface area contributed by atoms with Gasteiger partial charge in [-0.2, -0.15) is 0 Å². The Labute approximate surface area is 116 Å². The largest absolute Gasteiger partial charge is 0.354 e. The molecule has 0 bridgehead atoms. The fraction of sp³-hybridized carbons (Fsp3) is 0.231. The van der Waals surface area contributed by atoms with Gasteiger partial charge in [-0.25, -0.2) is 9.97 Å². The van der Waals surface area contributed by atoms with E-state index in [-0.39, 0.29) is 0 Å². The Kier molecular flexibility index (Phi) is 4.84. The van der Waals surface area contributed by atoms with E-state index in [2.05, 4.69) is 27.4 Å². The number of nitrogens with zero attached hydrogens (tertiary/aromatic N) is 2. The van der Waals surface area contributed by atoms with Gasteiger partial charge in [0, 0.05) is 12.3 Å². The van der Waals surface area contributed by atoms with Crippen molar-refractivity contribution in [3.8, 4) is 0 Å². The standard InChI is InChI=1S/C13H14ClN3S/c1-2-15-13-16-8-11(14)12(17-13)18-9-10-6-4-3-5-7-10/h3-8H,2,9H2,1H3,(H,15,16,17). The van der Waals surface area contributed by atoms with Crippen LogP contribution in [0.5, 0.6) is 0 Å². The summed E-state index contributed by atoms with van der Waals surface area (Å²) in [6.07, 6.45) is 1.64. The second kappa shape index (κ2) is 6.61. The monoisotopic (exact) mass is 279 g/mol. The van der Waals surface area contributed by atoms with Crippen LogP contribution in [-0.2, 0) is 5.75 Å². The number of anilines is 1. The van der Waals surface area contributed by atoms with Gasteiger partial charge in [0.05, 0.1) is 11.2 Å². The first-order valence-electron chi connectivity index (χ1n) is 5.72. The predicted molar refractivity (Wildman–Crippen MR) is 77.2 cm³/mol. The fourth-order valence-corrected chi connectivity index (χ4v) is 2.51. The highest BCUT2D eigenvalue weighted by Crippen LogP contribution is 2.28. The van der Waals surface area contributed by atoms with Crippen molar-refractivity contribution in [2.24, 2.45) is 0 Å². The van der Waals surface area contributed by atoms with Crippen LogP contribution in [0.2, 0.25) is 5.02 Å². The molecule has 1 N–H and O–H groups in total. The average Bonchev–Trinajstić information content (AvgIpc) is 2.41. The Morgan fingerprint density at radius 2 is 2.06 bits per heavy atom. The topological polar surface area (TPSA) is 37.8 Å². The first-order valence-corrected chi connectivity index (χ1v) is 7.09. The molecule has 0 atom stereocenters. The number of nitrogens with one attached hydrogen (secondary N) is 1. The molecule has 0 aliphatic carbocycles. The van der Waals surface area contributed by atoms with Crippen LogP contribution in [0.15, 0.2) is 41.6 Å². The zero-order chi connectivity index (χ0) is 12.8. The van der Waals surface area contributed by atoms with Gasteiger partial charge in [0.15, 0.2) is 0 Å². The Bertz CT molecular complexity index is 505. The van der Waals surface area contributed by atoms with Crippen molar-refractivity contribution in [3.63, 3.8) is 0 Å². The number of benzene rings is 1. The number of halogens is 1. The average molecular weight is 280 g/mol. The lowest BCUT2D eigenvalue weighted by Gasteiger charge is -2.06. The minimum absolute atomic E-state index is 0.595. The molecule has 1 aromatic heterocycles. The summed E-state index contributed by atoms with van der Waals surface area (Å²) in [6.45, 7) is 2.80. The molecule has 1 aromatic carbocycles. The molecule has 0 saturated heterocycles. The van der Waals surface area contributed by atoms with Crippen LogP contribution >= 0.6 is 23.4 Å². The van der Waals surface area contributed by atoms with Gasteiger partial charge in [0.2, 0.25) is 5.95 Å². The summed E-state index contributed by atoms with van der Waals surface area (Å²) in [5, 5.41) is 4.49. The zero-order valence-corrected chi connectivity index (χ0v) is 11.6. The Hall–Kier alpha value is -1.26. The van der Waals surface area contributed by atoms with E-state index in [4.69, 9.17) is 11.6 Å². The van der Waals surface area contributed by atoms with Crippen molar-refractivity contribution in [2.75, 3.05) is 11.9 Å². The van der Waals surface area contributed by atoms with Crippen LogP contribution < -0.4 is 5.32 Å². The third kappa shape index (κ3) is 3.62. The summed E-state index contributed by atoms with van der Waals surface area (Å²) in [7, 11) is 0.